The van der Waals surface area contributed by atoms with Gasteiger partial charge >= 0.3 is 0 Å². The summed E-state index contributed by atoms with van der Waals surface area (Å²) in [5.41, 5.74) is 2.02. The van der Waals surface area contributed by atoms with Crippen molar-refractivity contribution in [3.63, 3.8) is 0 Å². The second-order valence-electron chi connectivity index (χ2n) is 4.09. The molecular formula is C14H14BrN3O2. The molecule has 5 nitrogen and oxygen atoms in total. The van der Waals surface area contributed by atoms with Crippen molar-refractivity contribution in [2.75, 3.05) is 11.9 Å². The van der Waals surface area contributed by atoms with E-state index in [0.717, 1.165) is 10.0 Å². The molecule has 0 aliphatic carbocycles. The summed E-state index contributed by atoms with van der Waals surface area (Å²) in [6.07, 6.45) is 1.31. The zero-order chi connectivity index (χ0) is 14.5. The standard InChI is InChI=1S/C14H14BrN3O2/c1-3-20-13-7-12(16-8-17-13)14(19)18-10-4-5-11(15)9(2)6-10/h4-8H,3H2,1-2H3,(H,18,19). The average Bonchev–Trinajstić information content (AvgIpc) is 2.43. The van der Waals surface area contributed by atoms with Gasteiger partial charge in [0, 0.05) is 16.2 Å². The zero-order valence-electron chi connectivity index (χ0n) is 11.2. The third-order valence-electron chi connectivity index (χ3n) is 2.58. The Morgan fingerprint density at radius 3 is 2.85 bits per heavy atom. The molecule has 0 atom stereocenters. The Morgan fingerprint density at radius 2 is 2.15 bits per heavy atom. The number of carbonyl (C=O) groups excluding carboxylic acids is 1. The van der Waals surface area contributed by atoms with Gasteiger partial charge in [-0.05, 0) is 37.6 Å². The van der Waals surface area contributed by atoms with Gasteiger partial charge in [-0.2, -0.15) is 0 Å². The van der Waals surface area contributed by atoms with E-state index < -0.39 is 0 Å². The summed E-state index contributed by atoms with van der Waals surface area (Å²) >= 11 is 3.42. The molecule has 6 heteroatoms. The highest BCUT2D eigenvalue weighted by molar-refractivity contribution is 9.10. The number of ether oxygens (including phenoxy) is 1. The summed E-state index contributed by atoms with van der Waals surface area (Å²) in [5.74, 6) is 0.0923. The Bertz CT molecular complexity index is 632. The molecule has 0 aliphatic heterocycles. The van der Waals surface area contributed by atoms with Crippen molar-refractivity contribution >= 4 is 27.5 Å². The Kier molecular flexibility index (Phi) is 4.68. The van der Waals surface area contributed by atoms with Crippen molar-refractivity contribution in [2.24, 2.45) is 0 Å². The van der Waals surface area contributed by atoms with Crippen molar-refractivity contribution in [1.29, 1.82) is 0 Å². The van der Waals surface area contributed by atoms with Crippen LogP contribution in [0.4, 0.5) is 5.69 Å². The average molecular weight is 336 g/mol. The highest BCUT2D eigenvalue weighted by Gasteiger charge is 2.10. The first-order valence-electron chi connectivity index (χ1n) is 6.12. The van der Waals surface area contributed by atoms with Gasteiger partial charge < -0.3 is 10.1 Å². The number of carbonyl (C=O) groups is 1. The number of nitrogens with one attached hydrogen (secondary N) is 1. The van der Waals surface area contributed by atoms with E-state index in [1.165, 1.54) is 12.4 Å². The smallest absolute Gasteiger partial charge is 0.274 e. The SMILES string of the molecule is CCOc1cc(C(=O)Nc2ccc(Br)c(C)c2)ncn1. The van der Waals surface area contributed by atoms with Gasteiger partial charge in [0.15, 0.2) is 0 Å². The van der Waals surface area contributed by atoms with Crippen molar-refractivity contribution in [3.8, 4) is 5.88 Å². The van der Waals surface area contributed by atoms with Gasteiger partial charge in [-0.25, -0.2) is 9.97 Å². The number of amides is 1. The van der Waals surface area contributed by atoms with Gasteiger partial charge in [0.05, 0.1) is 6.61 Å². The van der Waals surface area contributed by atoms with Crippen LogP contribution in [-0.2, 0) is 0 Å². The van der Waals surface area contributed by atoms with Crippen LogP contribution in [-0.4, -0.2) is 22.5 Å². The summed E-state index contributed by atoms with van der Waals surface area (Å²) in [6, 6.07) is 7.10. The number of benzene rings is 1. The van der Waals surface area contributed by atoms with Gasteiger partial charge in [0.25, 0.3) is 5.91 Å². The molecule has 0 spiro atoms. The molecule has 1 aromatic heterocycles. The molecule has 0 fully saturated rings. The maximum atomic E-state index is 12.1. The van der Waals surface area contributed by atoms with E-state index >= 15 is 0 Å². The number of halogens is 1. The first kappa shape index (κ1) is 14.5. The van der Waals surface area contributed by atoms with E-state index in [2.05, 4.69) is 31.2 Å². The van der Waals surface area contributed by atoms with Crippen LogP contribution in [0.15, 0.2) is 35.1 Å². The third kappa shape index (κ3) is 3.54. The van der Waals surface area contributed by atoms with Crippen LogP contribution in [0.1, 0.15) is 23.0 Å². The largest absolute Gasteiger partial charge is 0.478 e. The highest BCUT2D eigenvalue weighted by atomic mass is 79.9. The molecule has 0 saturated heterocycles. The number of nitrogens with zero attached hydrogens (tertiary/aromatic N) is 2. The first-order valence-corrected chi connectivity index (χ1v) is 6.92. The van der Waals surface area contributed by atoms with Crippen molar-refractivity contribution in [2.45, 2.75) is 13.8 Å². The molecule has 1 heterocycles. The predicted molar refractivity (Wildman–Crippen MR) is 80.0 cm³/mol. The van der Waals surface area contributed by atoms with E-state index in [4.69, 9.17) is 4.74 Å². The van der Waals surface area contributed by atoms with Crippen LogP contribution in [0.5, 0.6) is 5.88 Å². The van der Waals surface area contributed by atoms with Crippen LogP contribution < -0.4 is 10.1 Å². The Morgan fingerprint density at radius 1 is 1.35 bits per heavy atom. The number of aromatic nitrogens is 2. The zero-order valence-corrected chi connectivity index (χ0v) is 12.8. The molecule has 104 valence electrons. The maximum Gasteiger partial charge on any atom is 0.274 e. The van der Waals surface area contributed by atoms with Crippen LogP contribution >= 0.6 is 15.9 Å². The lowest BCUT2D eigenvalue weighted by atomic mass is 10.2. The highest BCUT2D eigenvalue weighted by Crippen LogP contribution is 2.20. The van der Waals surface area contributed by atoms with Crippen LogP contribution in [0, 0.1) is 6.92 Å². The van der Waals surface area contributed by atoms with Crippen LogP contribution in [0.3, 0.4) is 0 Å². The fraction of sp³-hybridized carbons (Fsp3) is 0.214. The van der Waals surface area contributed by atoms with Crippen molar-refractivity contribution in [3.05, 3.63) is 46.3 Å². The lowest BCUT2D eigenvalue weighted by Crippen LogP contribution is -2.14. The molecule has 0 bridgehead atoms. The predicted octanol–water partition coefficient (Wildman–Crippen LogP) is 3.20. The number of aryl methyl sites for hydroxylation is 1. The summed E-state index contributed by atoms with van der Waals surface area (Å²) in [6.45, 7) is 4.30. The molecule has 0 saturated carbocycles. The normalized spacial score (nSPS) is 10.2. The summed E-state index contributed by atoms with van der Waals surface area (Å²) in [7, 11) is 0. The summed E-state index contributed by atoms with van der Waals surface area (Å²) < 4.78 is 6.24. The van der Waals surface area contributed by atoms with E-state index in [-0.39, 0.29) is 11.6 Å². The molecule has 0 unspecified atom stereocenters. The fourth-order valence-corrected chi connectivity index (χ4v) is 1.85. The van der Waals surface area contributed by atoms with Crippen molar-refractivity contribution < 1.29 is 9.53 Å². The molecule has 2 rings (SSSR count). The van der Waals surface area contributed by atoms with Crippen LogP contribution in [0.2, 0.25) is 0 Å². The first-order chi connectivity index (χ1) is 9.60. The lowest BCUT2D eigenvalue weighted by molar-refractivity contribution is 0.102. The van der Waals surface area contributed by atoms with Crippen molar-refractivity contribution in [1.82, 2.24) is 9.97 Å². The molecule has 0 aliphatic rings. The number of rotatable bonds is 4. The Hall–Kier alpha value is -1.95. The van der Waals surface area contributed by atoms with E-state index in [0.29, 0.717) is 18.2 Å². The van der Waals surface area contributed by atoms with E-state index in [1.807, 2.05) is 32.0 Å². The van der Waals surface area contributed by atoms with Gasteiger partial charge in [-0.1, -0.05) is 15.9 Å². The second-order valence-corrected chi connectivity index (χ2v) is 4.95. The third-order valence-corrected chi connectivity index (χ3v) is 3.47. The fourth-order valence-electron chi connectivity index (χ4n) is 1.61. The van der Waals surface area contributed by atoms with Gasteiger partial charge in [0.2, 0.25) is 5.88 Å². The summed E-state index contributed by atoms with van der Waals surface area (Å²) in [4.78, 5) is 20.0. The Labute approximate surface area is 125 Å². The minimum atomic E-state index is -0.296. The maximum absolute atomic E-state index is 12.1. The molecule has 1 amide bonds. The minimum Gasteiger partial charge on any atom is -0.478 e. The monoisotopic (exact) mass is 335 g/mol. The molecule has 2 aromatic rings. The quantitative estimate of drug-likeness (QED) is 0.931. The topological polar surface area (TPSA) is 64.1 Å². The summed E-state index contributed by atoms with van der Waals surface area (Å²) in [5, 5.41) is 2.79. The van der Waals surface area contributed by atoms with Gasteiger partial charge in [-0.15, -0.1) is 0 Å². The van der Waals surface area contributed by atoms with E-state index in [1.54, 1.807) is 0 Å². The number of hydrogen-bond donors (Lipinski definition) is 1. The second kappa shape index (κ2) is 6.47. The molecule has 20 heavy (non-hydrogen) atoms. The lowest BCUT2D eigenvalue weighted by Gasteiger charge is -2.07. The minimum absolute atomic E-state index is 0.268. The van der Waals surface area contributed by atoms with Crippen LogP contribution in [0.25, 0.3) is 0 Å². The molecule has 1 aromatic carbocycles. The number of anilines is 1. The van der Waals surface area contributed by atoms with Gasteiger partial charge in [0.1, 0.15) is 12.0 Å². The molecular weight excluding hydrogens is 322 g/mol. The number of hydrogen-bond acceptors (Lipinski definition) is 4. The Balaban J connectivity index is 2.15. The molecule has 1 N–H and O–H groups in total. The van der Waals surface area contributed by atoms with Gasteiger partial charge in [-0.3, -0.25) is 4.79 Å². The van der Waals surface area contributed by atoms with E-state index in [9.17, 15) is 4.79 Å². The molecule has 0 radical (unpaired) electrons.